The second-order valence-corrected chi connectivity index (χ2v) is 6.14. The van der Waals surface area contributed by atoms with Gasteiger partial charge in [0.05, 0.1) is 11.3 Å². The number of ether oxygens (including phenoxy) is 2. The lowest BCUT2D eigenvalue weighted by Crippen LogP contribution is -2.17. The Balaban J connectivity index is 1.79. The molecule has 152 valence electrons. The van der Waals surface area contributed by atoms with E-state index in [1.165, 1.54) is 0 Å². The topological polar surface area (TPSA) is 73.6 Å². The van der Waals surface area contributed by atoms with E-state index in [0.717, 1.165) is 23.8 Å². The number of hydrogen-bond donors (Lipinski definition) is 1. The number of carbonyl (C=O) groups is 1. The van der Waals surface area contributed by atoms with Gasteiger partial charge in [0.25, 0.3) is 5.91 Å². The Morgan fingerprint density at radius 1 is 1.21 bits per heavy atom. The summed E-state index contributed by atoms with van der Waals surface area (Å²) in [4.78, 5) is 12.6. The normalized spacial score (nSPS) is 10.8. The predicted molar refractivity (Wildman–Crippen MR) is 97.7 cm³/mol. The molecule has 1 aromatic heterocycles. The van der Waals surface area contributed by atoms with Gasteiger partial charge in [-0.05, 0) is 43.7 Å². The number of halogens is 3. The number of rotatable bonds is 7. The van der Waals surface area contributed by atoms with Crippen molar-refractivity contribution in [2.24, 2.45) is 0 Å². The van der Waals surface area contributed by atoms with Gasteiger partial charge in [-0.25, -0.2) is 4.39 Å². The van der Waals surface area contributed by atoms with Crippen LogP contribution in [-0.4, -0.2) is 17.7 Å². The summed E-state index contributed by atoms with van der Waals surface area (Å²) in [6.45, 7) is 0.353. The van der Waals surface area contributed by atoms with Gasteiger partial charge >= 0.3 is 6.61 Å². The summed E-state index contributed by atoms with van der Waals surface area (Å²) in [5.74, 6) is -1.07. The largest absolute Gasteiger partial charge is 0.489 e. The van der Waals surface area contributed by atoms with Gasteiger partial charge in [0.2, 0.25) is 0 Å². The van der Waals surface area contributed by atoms with E-state index in [2.05, 4.69) is 15.2 Å². The molecule has 0 fully saturated rings. The quantitative estimate of drug-likeness (QED) is 0.606. The Bertz CT molecular complexity index is 1020. The van der Waals surface area contributed by atoms with Crippen LogP contribution in [0.5, 0.6) is 11.5 Å². The molecule has 0 atom stereocenters. The highest BCUT2D eigenvalue weighted by molar-refractivity contribution is 6.04. The van der Waals surface area contributed by atoms with Gasteiger partial charge in [0.15, 0.2) is 11.4 Å². The van der Waals surface area contributed by atoms with Gasteiger partial charge in [-0.3, -0.25) is 4.79 Å². The first-order chi connectivity index (χ1) is 13.8. The highest BCUT2D eigenvalue weighted by Crippen LogP contribution is 2.28. The summed E-state index contributed by atoms with van der Waals surface area (Å²) in [6, 6.07) is 10.2. The Hall–Kier alpha value is -3.49. The van der Waals surface area contributed by atoms with E-state index in [1.54, 1.807) is 13.0 Å². The smallest absolute Gasteiger partial charge is 0.387 e. The Kier molecular flexibility index (Phi) is 6.06. The molecule has 0 saturated carbocycles. The van der Waals surface area contributed by atoms with Gasteiger partial charge < -0.3 is 19.3 Å². The second kappa shape index (κ2) is 8.68. The van der Waals surface area contributed by atoms with Crippen molar-refractivity contribution in [3.05, 3.63) is 70.9 Å². The van der Waals surface area contributed by atoms with E-state index >= 15 is 0 Å². The van der Waals surface area contributed by atoms with Crippen molar-refractivity contribution in [2.75, 3.05) is 5.32 Å². The third-order valence-electron chi connectivity index (χ3n) is 3.98. The molecule has 3 aromatic rings. The van der Waals surface area contributed by atoms with Crippen LogP contribution in [0.2, 0.25) is 0 Å². The molecule has 6 nitrogen and oxygen atoms in total. The molecule has 0 spiro atoms. The number of aromatic nitrogens is 1. The zero-order chi connectivity index (χ0) is 21.0. The summed E-state index contributed by atoms with van der Waals surface area (Å²) in [6.07, 6.45) is 0. The predicted octanol–water partition coefficient (Wildman–Crippen LogP) is 4.86. The highest BCUT2D eigenvalue weighted by Gasteiger charge is 2.22. The van der Waals surface area contributed by atoms with Crippen molar-refractivity contribution in [3.63, 3.8) is 0 Å². The van der Waals surface area contributed by atoms with Gasteiger partial charge in [-0.2, -0.15) is 8.78 Å². The average molecular weight is 406 g/mol. The van der Waals surface area contributed by atoms with E-state index in [1.807, 2.05) is 25.1 Å². The number of benzene rings is 2. The third kappa shape index (κ3) is 5.07. The summed E-state index contributed by atoms with van der Waals surface area (Å²) >= 11 is 0. The SMILES string of the molecule is Cc1cccc(OCc2c(C(=O)Nc3ccc(F)cc3OC(F)F)noc2C)c1. The number of nitrogens with zero attached hydrogens (tertiary/aromatic N) is 1. The first-order valence-electron chi connectivity index (χ1n) is 8.54. The summed E-state index contributed by atoms with van der Waals surface area (Å²) in [5.41, 5.74) is 1.18. The molecule has 0 bridgehead atoms. The molecule has 2 aromatic carbocycles. The van der Waals surface area contributed by atoms with Crippen molar-refractivity contribution >= 4 is 11.6 Å². The number of anilines is 1. The van der Waals surface area contributed by atoms with Gasteiger partial charge in [0, 0.05) is 6.07 Å². The van der Waals surface area contributed by atoms with E-state index in [0.29, 0.717) is 17.1 Å². The molecular formula is C20H17F3N2O4. The Morgan fingerprint density at radius 2 is 2.00 bits per heavy atom. The summed E-state index contributed by atoms with van der Waals surface area (Å²) in [5, 5.41) is 6.10. The van der Waals surface area contributed by atoms with Crippen molar-refractivity contribution in [1.82, 2.24) is 5.16 Å². The van der Waals surface area contributed by atoms with Crippen LogP contribution >= 0.6 is 0 Å². The molecule has 29 heavy (non-hydrogen) atoms. The van der Waals surface area contributed by atoms with E-state index in [4.69, 9.17) is 9.26 Å². The monoisotopic (exact) mass is 406 g/mol. The molecular weight excluding hydrogens is 389 g/mol. The minimum atomic E-state index is -3.18. The highest BCUT2D eigenvalue weighted by atomic mass is 19.3. The Labute approximate surface area is 164 Å². The fraction of sp³-hybridized carbons (Fsp3) is 0.200. The first kappa shape index (κ1) is 20.2. The number of hydrogen-bond acceptors (Lipinski definition) is 5. The third-order valence-corrected chi connectivity index (χ3v) is 3.98. The maximum absolute atomic E-state index is 13.3. The molecule has 9 heteroatoms. The number of amides is 1. The maximum Gasteiger partial charge on any atom is 0.387 e. The molecule has 0 aliphatic rings. The fourth-order valence-electron chi connectivity index (χ4n) is 2.57. The molecule has 1 amide bonds. The molecule has 1 N–H and O–H groups in total. The van der Waals surface area contributed by atoms with Crippen molar-refractivity contribution in [2.45, 2.75) is 27.1 Å². The van der Waals surface area contributed by atoms with Crippen LogP contribution in [0, 0.1) is 19.7 Å². The van der Waals surface area contributed by atoms with Crippen LogP contribution in [-0.2, 0) is 6.61 Å². The zero-order valence-corrected chi connectivity index (χ0v) is 15.5. The first-order valence-corrected chi connectivity index (χ1v) is 8.54. The lowest BCUT2D eigenvalue weighted by atomic mass is 10.2. The lowest BCUT2D eigenvalue weighted by Gasteiger charge is -2.12. The summed E-state index contributed by atoms with van der Waals surface area (Å²) < 4.78 is 53.5. The van der Waals surface area contributed by atoms with Gasteiger partial charge in [0.1, 0.15) is 23.9 Å². The van der Waals surface area contributed by atoms with Crippen LogP contribution in [0.3, 0.4) is 0 Å². The lowest BCUT2D eigenvalue weighted by molar-refractivity contribution is -0.0495. The second-order valence-electron chi connectivity index (χ2n) is 6.14. The number of aryl methyl sites for hydroxylation is 2. The Morgan fingerprint density at radius 3 is 2.72 bits per heavy atom. The van der Waals surface area contributed by atoms with Crippen LogP contribution in [0.15, 0.2) is 47.0 Å². The average Bonchev–Trinajstić information content (AvgIpc) is 3.02. The van der Waals surface area contributed by atoms with Crippen LogP contribution in [0.1, 0.15) is 27.4 Å². The standard InChI is InChI=1S/C20H17F3N2O4/c1-11-4-3-5-14(8-11)27-10-15-12(2)29-25-18(15)19(26)24-16-7-6-13(21)9-17(16)28-20(22)23/h3-9,20H,10H2,1-2H3,(H,24,26). The molecule has 0 aliphatic carbocycles. The fourth-order valence-corrected chi connectivity index (χ4v) is 2.57. The molecule has 1 heterocycles. The number of nitrogens with one attached hydrogen (secondary N) is 1. The van der Waals surface area contributed by atoms with E-state index < -0.39 is 24.1 Å². The van der Waals surface area contributed by atoms with Crippen LogP contribution < -0.4 is 14.8 Å². The van der Waals surface area contributed by atoms with Crippen LogP contribution in [0.4, 0.5) is 18.9 Å². The number of carbonyl (C=O) groups excluding carboxylic acids is 1. The maximum atomic E-state index is 13.3. The molecule has 0 unspecified atom stereocenters. The van der Waals surface area contributed by atoms with Crippen molar-refractivity contribution < 1.29 is 32.0 Å². The molecule has 0 radical (unpaired) electrons. The molecule has 3 rings (SSSR count). The minimum absolute atomic E-state index is 0.00531. The van der Waals surface area contributed by atoms with Gasteiger partial charge in [-0.15, -0.1) is 0 Å². The summed E-state index contributed by atoms with van der Waals surface area (Å²) in [7, 11) is 0. The number of alkyl halides is 2. The molecule has 0 saturated heterocycles. The van der Waals surface area contributed by atoms with E-state index in [9.17, 15) is 18.0 Å². The van der Waals surface area contributed by atoms with E-state index in [-0.39, 0.29) is 18.0 Å². The minimum Gasteiger partial charge on any atom is -0.489 e. The molecule has 0 aliphatic heterocycles. The van der Waals surface area contributed by atoms with Gasteiger partial charge in [-0.1, -0.05) is 17.3 Å². The van der Waals surface area contributed by atoms with Crippen molar-refractivity contribution in [1.29, 1.82) is 0 Å². The van der Waals surface area contributed by atoms with Crippen molar-refractivity contribution in [3.8, 4) is 11.5 Å². The van der Waals surface area contributed by atoms with Crippen LogP contribution in [0.25, 0.3) is 0 Å². The zero-order valence-electron chi connectivity index (χ0n) is 15.5.